The Morgan fingerprint density at radius 2 is 1.57 bits per heavy atom. The highest BCUT2D eigenvalue weighted by molar-refractivity contribution is 6.74. The molecular weight excluding hydrogens is 619 g/mol. The number of allylic oxidation sites excluding steroid dienone is 1. The van der Waals surface area contributed by atoms with Crippen LogP contribution in [0.25, 0.3) is 0 Å². The van der Waals surface area contributed by atoms with Crippen LogP contribution in [0.3, 0.4) is 0 Å². The van der Waals surface area contributed by atoms with Crippen molar-refractivity contribution in [2.24, 2.45) is 0 Å². The van der Waals surface area contributed by atoms with Gasteiger partial charge in [-0.3, -0.25) is 14.3 Å². The minimum atomic E-state index is -2.68. The van der Waals surface area contributed by atoms with Crippen molar-refractivity contribution < 1.29 is 28.1 Å². The number of hydrogen-bond acceptors (Lipinski definition) is 7. The average molecular weight is 665 g/mol. The molecule has 0 spiro atoms. The molecule has 47 heavy (non-hydrogen) atoms. The summed E-state index contributed by atoms with van der Waals surface area (Å²) in [6.07, 6.45) is -0.0732. The van der Waals surface area contributed by atoms with Crippen molar-refractivity contribution >= 4 is 8.32 Å². The number of H-pyrrole nitrogens is 1. The maximum Gasteiger partial charge on any atom is 0.330 e. The maximum absolute atomic E-state index is 16.9. The number of alkyl halides is 1. The Kier molecular flexibility index (Phi) is 9.80. The summed E-state index contributed by atoms with van der Waals surface area (Å²) in [5.74, 6) is -0.994. The number of ether oxygens (including phenoxy) is 3. The lowest BCUT2D eigenvalue weighted by atomic mass is 9.62. The molecule has 1 aliphatic carbocycles. The highest BCUT2D eigenvalue weighted by atomic mass is 28.4. The van der Waals surface area contributed by atoms with Gasteiger partial charge in [0.25, 0.3) is 5.56 Å². The van der Waals surface area contributed by atoms with Crippen molar-refractivity contribution in [1.29, 1.82) is 0 Å². The molecule has 11 heteroatoms. The monoisotopic (exact) mass is 664 g/mol. The fourth-order valence-electron chi connectivity index (χ4n) is 6.35. The number of halogens is 1. The molecule has 252 valence electrons. The molecule has 2 aromatic carbocycles. The Morgan fingerprint density at radius 1 is 1.00 bits per heavy atom. The Labute approximate surface area is 275 Å². The van der Waals surface area contributed by atoms with Gasteiger partial charge in [-0.05, 0) is 40.9 Å². The van der Waals surface area contributed by atoms with Gasteiger partial charge in [0.15, 0.2) is 26.5 Å². The zero-order valence-corrected chi connectivity index (χ0v) is 29.0. The quantitative estimate of drug-likeness (QED) is 0.221. The standard InChI is InChI=1S/C36H45FN2O7Si/c1-34(2,3)47(6,7)46-29-28(37)32(39-23-20-27(40)38-33(39)42)45-30(29)31(41)36(24-14-10-8-11-15-24,25-16-12-9-13-17-25)26-18-21-35(43-4,44-5)22-19-26/h8-21,23,28-32,41H,22H2,1-7H3,(H,38,40,42)/t28-,29+,30+,31?,32-/m1/s1. The van der Waals surface area contributed by atoms with Gasteiger partial charge < -0.3 is 23.7 Å². The summed E-state index contributed by atoms with van der Waals surface area (Å²) in [6, 6.07) is 20.2. The number of aliphatic hydroxyl groups is 1. The minimum Gasteiger partial charge on any atom is -0.408 e. The molecule has 0 amide bonds. The topological polar surface area (TPSA) is 112 Å². The van der Waals surface area contributed by atoms with Crippen LogP contribution in [0.5, 0.6) is 0 Å². The molecule has 1 aromatic heterocycles. The van der Waals surface area contributed by atoms with Crippen LogP contribution < -0.4 is 11.2 Å². The predicted molar refractivity (Wildman–Crippen MR) is 180 cm³/mol. The van der Waals surface area contributed by atoms with E-state index < -0.39 is 61.5 Å². The van der Waals surface area contributed by atoms with Crippen LogP contribution in [0.2, 0.25) is 18.1 Å². The third kappa shape index (κ3) is 6.28. The molecule has 0 radical (unpaired) electrons. The highest BCUT2D eigenvalue weighted by Gasteiger charge is 2.59. The van der Waals surface area contributed by atoms with Crippen LogP contribution in [0.15, 0.2) is 106 Å². The van der Waals surface area contributed by atoms with Crippen molar-refractivity contribution in [3.63, 3.8) is 0 Å². The summed E-state index contributed by atoms with van der Waals surface area (Å²) in [7, 11) is 0.460. The first-order valence-corrected chi connectivity index (χ1v) is 18.7. The number of hydrogen-bond donors (Lipinski definition) is 2. The van der Waals surface area contributed by atoms with E-state index in [4.69, 9.17) is 18.6 Å². The van der Waals surface area contributed by atoms with Gasteiger partial charge in [-0.2, -0.15) is 0 Å². The molecule has 1 fully saturated rings. The Hall–Kier alpha value is -3.45. The molecule has 9 nitrogen and oxygen atoms in total. The van der Waals surface area contributed by atoms with Crippen molar-refractivity contribution in [3.8, 4) is 0 Å². The van der Waals surface area contributed by atoms with E-state index in [-0.39, 0.29) is 5.04 Å². The Morgan fingerprint density at radius 3 is 2.04 bits per heavy atom. The van der Waals surface area contributed by atoms with Gasteiger partial charge >= 0.3 is 5.69 Å². The van der Waals surface area contributed by atoms with Crippen LogP contribution in [0.1, 0.15) is 44.5 Å². The predicted octanol–water partition coefficient (Wildman–Crippen LogP) is 5.39. The number of rotatable bonds is 10. The number of methoxy groups -OCH3 is 2. The van der Waals surface area contributed by atoms with E-state index >= 15 is 4.39 Å². The summed E-state index contributed by atoms with van der Waals surface area (Å²) < 4.78 is 42.5. The molecule has 2 aliphatic rings. The summed E-state index contributed by atoms with van der Waals surface area (Å²) in [6.45, 7) is 10.2. The summed E-state index contributed by atoms with van der Waals surface area (Å²) >= 11 is 0. The molecule has 2 heterocycles. The number of nitrogens with zero attached hydrogens (tertiary/aromatic N) is 1. The molecular formula is C36H45FN2O7Si. The van der Waals surface area contributed by atoms with Crippen molar-refractivity contribution in [3.05, 3.63) is 129 Å². The van der Waals surface area contributed by atoms with E-state index in [1.54, 1.807) is 14.2 Å². The number of aliphatic hydroxyl groups excluding tert-OH is 1. The van der Waals surface area contributed by atoms with E-state index in [1.165, 1.54) is 6.20 Å². The van der Waals surface area contributed by atoms with Crippen LogP contribution in [0, 0.1) is 0 Å². The minimum absolute atomic E-state index is 0.302. The third-order valence-corrected chi connectivity index (χ3v) is 14.5. The second-order valence-corrected chi connectivity index (χ2v) is 18.5. The molecule has 1 aliphatic heterocycles. The van der Waals surface area contributed by atoms with Gasteiger partial charge in [-0.25, -0.2) is 9.18 Å². The Balaban J connectivity index is 1.74. The summed E-state index contributed by atoms with van der Waals surface area (Å²) in [5, 5.41) is 12.7. The molecule has 2 N–H and O–H groups in total. The van der Waals surface area contributed by atoms with Gasteiger partial charge in [0, 0.05) is 32.9 Å². The Bertz CT molecular complexity index is 1670. The molecule has 5 atom stereocenters. The van der Waals surface area contributed by atoms with E-state index in [0.29, 0.717) is 6.42 Å². The van der Waals surface area contributed by atoms with Crippen molar-refractivity contribution in [2.45, 2.75) is 87.2 Å². The number of nitrogens with one attached hydrogen (secondary N) is 1. The van der Waals surface area contributed by atoms with Crippen LogP contribution in [-0.4, -0.2) is 67.5 Å². The van der Waals surface area contributed by atoms with Gasteiger partial charge in [-0.15, -0.1) is 0 Å². The van der Waals surface area contributed by atoms with Gasteiger partial charge in [0.1, 0.15) is 18.3 Å². The fourth-order valence-corrected chi connectivity index (χ4v) is 7.65. The molecule has 0 bridgehead atoms. The smallest absolute Gasteiger partial charge is 0.330 e. The van der Waals surface area contributed by atoms with Crippen LogP contribution >= 0.6 is 0 Å². The van der Waals surface area contributed by atoms with E-state index in [1.807, 2.05) is 113 Å². The first-order valence-electron chi connectivity index (χ1n) is 15.8. The van der Waals surface area contributed by atoms with Gasteiger partial charge in [0.2, 0.25) is 0 Å². The SMILES string of the molecule is COC1(OC)C=CC(C(c2ccccc2)(c2ccccc2)C(O)[C@H]2O[C@@H](n3ccc(=O)[nH]c3=O)[C@H](F)[C@@H]2O[Si](C)(C)C(C)(C)C)=CC1. The normalized spacial score (nSPS) is 23.8. The van der Waals surface area contributed by atoms with E-state index in [0.717, 1.165) is 27.3 Å². The zero-order valence-electron chi connectivity index (χ0n) is 28.0. The third-order valence-electron chi connectivity index (χ3n) is 10.1. The summed E-state index contributed by atoms with van der Waals surface area (Å²) in [4.78, 5) is 27.0. The molecule has 5 rings (SSSR count). The molecule has 1 saturated heterocycles. The maximum atomic E-state index is 16.9. The van der Waals surface area contributed by atoms with E-state index in [9.17, 15) is 14.7 Å². The second-order valence-electron chi connectivity index (χ2n) is 13.7. The second kappa shape index (κ2) is 13.2. The van der Waals surface area contributed by atoms with Crippen LogP contribution in [-0.2, 0) is 24.1 Å². The van der Waals surface area contributed by atoms with Crippen LogP contribution in [0.4, 0.5) is 4.39 Å². The number of benzene rings is 2. The lowest BCUT2D eigenvalue weighted by Gasteiger charge is -2.46. The number of aromatic amines is 1. The molecule has 0 saturated carbocycles. The van der Waals surface area contributed by atoms with E-state index in [2.05, 4.69) is 4.98 Å². The van der Waals surface area contributed by atoms with Crippen molar-refractivity contribution in [1.82, 2.24) is 9.55 Å². The lowest BCUT2D eigenvalue weighted by molar-refractivity contribution is -0.168. The highest BCUT2D eigenvalue weighted by Crippen LogP contribution is 2.50. The largest absolute Gasteiger partial charge is 0.408 e. The molecule has 1 unspecified atom stereocenters. The summed E-state index contributed by atoms with van der Waals surface area (Å²) in [5.41, 5.74) is -0.522. The fraction of sp³-hybridized carbons (Fsp3) is 0.444. The van der Waals surface area contributed by atoms with Gasteiger partial charge in [0.05, 0.1) is 5.41 Å². The first-order chi connectivity index (χ1) is 22.2. The zero-order chi connectivity index (χ0) is 34.2. The average Bonchev–Trinajstić information content (AvgIpc) is 3.36. The van der Waals surface area contributed by atoms with Gasteiger partial charge in [-0.1, -0.05) is 93.6 Å². The molecule has 3 aromatic rings. The first kappa shape index (κ1) is 34.9. The number of aromatic nitrogens is 2. The van der Waals surface area contributed by atoms with Crippen molar-refractivity contribution in [2.75, 3.05) is 14.2 Å². The lowest BCUT2D eigenvalue weighted by Crippen LogP contribution is -2.56.